The number of phenolic OH excluding ortho intramolecular Hbond substituents is 1. The quantitative estimate of drug-likeness (QED) is 0.675. The van der Waals surface area contributed by atoms with Crippen molar-refractivity contribution in [2.45, 2.75) is 19.4 Å². The maximum atomic E-state index is 14.7. The monoisotopic (exact) mass is 310 g/mol. The minimum atomic E-state index is -0.259. The molecule has 6 heteroatoms. The Balaban J connectivity index is 1.76. The number of hydrogen-bond donors (Lipinski definition) is 3. The summed E-state index contributed by atoms with van der Waals surface area (Å²) in [5.41, 5.74) is 2.52. The Bertz CT molecular complexity index is 912. The molecule has 1 aliphatic heterocycles. The molecule has 2 aromatic carbocycles. The molecule has 1 aromatic heterocycles. The van der Waals surface area contributed by atoms with E-state index in [-0.39, 0.29) is 17.6 Å². The van der Waals surface area contributed by atoms with Crippen molar-refractivity contribution in [3.05, 3.63) is 48.0 Å². The van der Waals surface area contributed by atoms with Crippen LogP contribution in [-0.4, -0.2) is 21.1 Å². The van der Waals surface area contributed by atoms with Gasteiger partial charge in [0.2, 0.25) is 0 Å². The average molecular weight is 310 g/mol. The van der Waals surface area contributed by atoms with Crippen molar-refractivity contribution in [3.63, 3.8) is 0 Å². The minimum Gasteiger partial charge on any atom is -0.508 e. The van der Waals surface area contributed by atoms with E-state index in [1.54, 1.807) is 24.3 Å². The molecule has 0 aliphatic carbocycles. The lowest BCUT2D eigenvalue weighted by atomic mass is 10.1. The first kappa shape index (κ1) is 13.8. The lowest BCUT2D eigenvalue weighted by Gasteiger charge is -2.11. The van der Waals surface area contributed by atoms with Gasteiger partial charge in [-0.25, -0.2) is 14.4 Å². The van der Waals surface area contributed by atoms with Crippen LogP contribution in [0.15, 0.2) is 36.7 Å². The molecular weight excluding hydrogens is 295 g/mol. The smallest absolute Gasteiger partial charge is 0.151 e. The van der Waals surface area contributed by atoms with Crippen molar-refractivity contribution >= 4 is 28.1 Å². The van der Waals surface area contributed by atoms with Crippen LogP contribution >= 0.6 is 0 Å². The van der Waals surface area contributed by atoms with E-state index in [1.807, 2.05) is 13.0 Å². The number of hydrogen-bond acceptors (Lipinski definition) is 5. The van der Waals surface area contributed by atoms with Gasteiger partial charge in [0, 0.05) is 28.7 Å². The van der Waals surface area contributed by atoms with E-state index in [9.17, 15) is 9.50 Å². The van der Waals surface area contributed by atoms with Crippen LogP contribution in [0, 0.1) is 5.82 Å². The summed E-state index contributed by atoms with van der Waals surface area (Å²) in [5, 5.41) is 16.5. The zero-order valence-electron chi connectivity index (χ0n) is 12.5. The summed E-state index contributed by atoms with van der Waals surface area (Å²) in [4.78, 5) is 8.31. The standard InChI is InChI=1S/C17H15FN4O/c1-9-6-12-13(21-9)4-5-14(16(12)18)22-17-11-3-2-10(23)7-15(11)19-8-20-17/h2-5,7-9,21,23H,6H2,1H3,(H,19,20,22). The summed E-state index contributed by atoms with van der Waals surface area (Å²) in [5.74, 6) is 0.378. The SMILES string of the molecule is CC1Cc2c(ccc(Nc3ncnc4cc(O)ccc34)c2F)N1. The molecule has 0 amide bonds. The molecule has 3 N–H and O–H groups in total. The van der Waals surface area contributed by atoms with Crippen LogP contribution in [-0.2, 0) is 6.42 Å². The Hall–Kier alpha value is -2.89. The summed E-state index contributed by atoms with van der Waals surface area (Å²) < 4.78 is 14.7. The van der Waals surface area contributed by atoms with Gasteiger partial charge in [0.15, 0.2) is 5.82 Å². The molecular formula is C17H15FN4O. The van der Waals surface area contributed by atoms with Crippen molar-refractivity contribution < 1.29 is 9.50 Å². The molecule has 2 heterocycles. The Labute approximate surface area is 132 Å². The predicted molar refractivity (Wildman–Crippen MR) is 87.7 cm³/mol. The molecule has 1 atom stereocenters. The van der Waals surface area contributed by atoms with Crippen molar-refractivity contribution in [2.75, 3.05) is 10.6 Å². The summed E-state index contributed by atoms with van der Waals surface area (Å²) in [6.07, 6.45) is 2.05. The number of benzene rings is 2. The van der Waals surface area contributed by atoms with Gasteiger partial charge >= 0.3 is 0 Å². The van der Waals surface area contributed by atoms with Crippen LogP contribution in [0.25, 0.3) is 10.9 Å². The second kappa shape index (κ2) is 5.08. The number of halogens is 1. The molecule has 0 radical (unpaired) electrons. The third kappa shape index (κ3) is 2.32. The van der Waals surface area contributed by atoms with Crippen LogP contribution in [0.2, 0.25) is 0 Å². The van der Waals surface area contributed by atoms with E-state index in [4.69, 9.17) is 0 Å². The lowest BCUT2D eigenvalue weighted by Crippen LogP contribution is -2.08. The maximum absolute atomic E-state index is 14.7. The number of nitrogens with one attached hydrogen (secondary N) is 2. The molecule has 23 heavy (non-hydrogen) atoms. The highest BCUT2D eigenvalue weighted by Gasteiger charge is 2.22. The van der Waals surface area contributed by atoms with Gasteiger partial charge in [0.25, 0.3) is 0 Å². The third-order valence-corrected chi connectivity index (χ3v) is 4.03. The fourth-order valence-electron chi connectivity index (χ4n) is 2.95. The van der Waals surface area contributed by atoms with Crippen LogP contribution in [0.1, 0.15) is 12.5 Å². The normalized spacial score (nSPS) is 16.2. The number of anilines is 3. The molecule has 0 bridgehead atoms. The van der Waals surface area contributed by atoms with Crippen LogP contribution in [0.4, 0.5) is 21.6 Å². The zero-order valence-corrected chi connectivity index (χ0v) is 12.5. The van der Waals surface area contributed by atoms with E-state index < -0.39 is 0 Å². The second-order valence-corrected chi connectivity index (χ2v) is 5.75. The van der Waals surface area contributed by atoms with Crippen LogP contribution in [0.3, 0.4) is 0 Å². The third-order valence-electron chi connectivity index (χ3n) is 4.03. The van der Waals surface area contributed by atoms with Crippen molar-refractivity contribution in [3.8, 4) is 5.75 Å². The number of fused-ring (bicyclic) bond motifs is 2. The van der Waals surface area contributed by atoms with E-state index in [2.05, 4.69) is 20.6 Å². The summed E-state index contributed by atoms with van der Waals surface area (Å²) in [6.45, 7) is 2.02. The van der Waals surface area contributed by atoms with Gasteiger partial charge in [-0.15, -0.1) is 0 Å². The van der Waals surface area contributed by atoms with Crippen molar-refractivity contribution in [2.24, 2.45) is 0 Å². The van der Waals surface area contributed by atoms with E-state index >= 15 is 0 Å². The molecule has 0 fully saturated rings. The number of aromatic nitrogens is 2. The number of aromatic hydroxyl groups is 1. The Kier molecular flexibility index (Phi) is 3.04. The van der Waals surface area contributed by atoms with Gasteiger partial charge < -0.3 is 15.7 Å². The van der Waals surface area contributed by atoms with Crippen LogP contribution < -0.4 is 10.6 Å². The van der Waals surface area contributed by atoms with Crippen molar-refractivity contribution in [1.82, 2.24) is 9.97 Å². The topological polar surface area (TPSA) is 70.1 Å². The Morgan fingerprint density at radius 3 is 3.00 bits per heavy atom. The predicted octanol–water partition coefficient (Wildman–Crippen LogP) is 3.57. The molecule has 0 spiro atoms. The Morgan fingerprint density at radius 2 is 2.13 bits per heavy atom. The van der Waals surface area contributed by atoms with Gasteiger partial charge in [-0.2, -0.15) is 0 Å². The summed E-state index contributed by atoms with van der Waals surface area (Å²) in [6, 6.07) is 8.63. The highest BCUT2D eigenvalue weighted by atomic mass is 19.1. The largest absolute Gasteiger partial charge is 0.508 e. The van der Waals surface area contributed by atoms with E-state index in [0.717, 1.165) is 11.1 Å². The zero-order chi connectivity index (χ0) is 16.0. The van der Waals surface area contributed by atoms with Gasteiger partial charge in [-0.1, -0.05) is 0 Å². The first-order valence-electron chi connectivity index (χ1n) is 7.40. The maximum Gasteiger partial charge on any atom is 0.151 e. The first-order chi connectivity index (χ1) is 11.1. The van der Waals surface area contributed by atoms with E-state index in [1.165, 1.54) is 6.33 Å². The number of rotatable bonds is 2. The van der Waals surface area contributed by atoms with Gasteiger partial charge in [-0.05, 0) is 37.6 Å². The summed E-state index contributed by atoms with van der Waals surface area (Å²) >= 11 is 0. The van der Waals surface area contributed by atoms with Crippen LogP contribution in [0.5, 0.6) is 5.75 Å². The van der Waals surface area contributed by atoms with Gasteiger partial charge in [0.05, 0.1) is 11.2 Å². The minimum absolute atomic E-state index is 0.130. The summed E-state index contributed by atoms with van der Waals surface area (Å²) in [7, 11) is 0. The highest BCUT2D eigenvalue weighted by Crippen LogP contribution is 2.34. The Morgan fingerprint density at radius 1 is 1.26 bits per heavy atom. The molecule has 1 unspecified atom stereocenters. The molecule has 1 aliphatic rings. The van der Waals surface area contributed by atoms with Gasteiger partial charge in [-0.3, -0.25) is 0 Å². The molecule has 3 aromatic rings. The van der Waals surface area contributed by atoms with Crippen molar-refractivity contribution in [1.29, 1.82) is 0 Å². The molecule has 5 nitrogen and oxygen atoms in total. The molecule has 0 saturated heterocycles. The second-order valence-electron chi connectivity index (χ2n) is 5.75. The number of nitrogens with zero attached hydrogens (tertiary/aromatic N) is 2. The molecule has 4 rings (SSSR count). The fourth-order valence-corrected chi connectivity index (χ4v) is 2.95. The van der Waals surface area contributed by atoms with Gasteiger partial charge in [0.1, 0.15) is 17.9 Å². The van der Waals surface area contributed by atoms with E-state index in [0.29, 0.717) is 29.0 Å². The highest BCUT2D eigenvalue weighted by molar-refractivity contribution is 5.91. The lowest BCUT2D eigenvalue weighted by molar-refractivity contribution is 0.476. The average Bonchev–Trinajstić information content (AvgIpc) is 2.91. The molecule has 116 valence electrons. The molecule has 0 saturated carbocycles. The first-order valence-corrected chi connectivity index (χ1v) is 7.40. The fraction of sp³-hybridized carbons (Fsp3) is 0.176. The number of phenols is 1.